The fraction of sp³-hybridized carbons (Fsp3) is 0.250. The zero-order valence-electron chi connectivity index (χ0n) is 16.8. The number of hydrogen-bond acceptors (Lipinski definition) is 6. The lowest BCUT2D eigenvalue weighted by molar-refractivity contribution is 0.184. The Labute approximate surface area is 179 Å². The highest BCUT2D eigenvalue weighted by Gasteiger charge is 2.32. The number of aromatic hydroxyl groups is 1. The Balaban J connectivity index is 1.44. The molecule has 1 aliphatic heterocycles. The monoisotopic (exact) mass is 442 g/mol. The van der Waals surface area contributed by atoms with E-state index in [9.17, 15) is 18.3 Å². The molecule has 2 aromatic heterocycles. The van der Waals surface area contributed by atoms with Crippen molar-refractivity contribution in [3.05, 3.63) is 60.6 Å². The topological polar surface area (TPSA) is 121 Å². The molecule has 1 saturated heterocycles. The summed E-state index contributed by atoms with van der Waals surface area (Å²) in [7, 11) is -3.86. The largest absolute Gasteiger partial charge is 0.507 e. The van der Waals surface area contributed by atoms with E-state index in [0.717, 1.165) is 5.56 Å². The van der Waals surface area contributed by atoms with Crippen LogP contribution in [0.3, 0.4) is 0 Å². The first-order valence-corrected chi connectivity index (χ1v) is 11.1. The van der Waals surface area contributed by atoms with Crippen molar-refractivity contribution >= 4 is 21.7 Å². The van der Waals surface area contributed by atoms with Crippen LogP contribution in [0.4, 0.5) is 10.5 Å². The zero-order chi connectivity index (χ0) is 22.0. The molecule has 11 heteroatoms. The van der Waals surface area contributed by atoms with Gasteiger partial charge in [-0.1, -0.05) is 6.07 Å². The number of phenolic OH excluding ortho intramolecular Hbond substituents is 1. The number of nitrogens with zero attached hydrogens (tertiary/aromatic N) is 5. The molecule has 0 bridgehead atoms. The first kappa shape index (κ1) is 20.8. The number of hydrogen-bond donors (Lipinski definition) is 2. The summed E-state index contributed by atoms with van der Waals surface area (Å²) in [6.45, 7) is 2.45. The van der Waals surface area contributed by atoms with E-state index in [-0.39, 0.29) is 42.9 Å². The van der Waals surface area contributed by atoms with Crippen molar-refractivity contribution in [2.75, 3.05) is 31.5 Å². The minimum atomic E-state index is -3.86. The van der Waals surface area contributed by atoms with Crippen LogP contribution in [-0.2, 0) is 10.0 Å². The number of benzene rings is 1. The number of anilines is 1. The smallest absolute Gasteiger partial charge is 0.322 e. The van der Waals surface area contributed by atoms with Crippen LogP contribution in [-0.4, -0.2) is 69.7 Å². The third kappa shape index (κ3) is 4.23. The Bertz CT molecular complexity index is 1190. The van der Waals surface area contributed by atoms with Crippen molar-refractivity contribution in [2.45, 2.75) is 11.8 Å². The molecule has 3 heterocycles. The van der Waals surface area contributed by atoms with Gasteiger partial charge in [-0.05, 0) is 42.8 Å². The minimum Gasteiger partial charge on any atom is -0.507 e. The molecule has 0 atom stereocenters. The summed E-state index contributed by atoms with van der Waals surface area (Å²) in [5.74, 6) is 0.200. The van der Waals surface area contributed by atoms with Gasteiger partial charge in [0.05, 0.1) is 5.69 Å². The van der Waals surface area contributed by atoms with E-state index in [0.29, 0.717) is 11.5 Å². The highest BCUT2D eigenvalue weighted by atomic mass is 32.2. The molecule has 2 N–H and O–H groups in total. The number of rotatable bonds is 4. The highest BCUT2D eigenvalue weighted by Crippen LogP contribution is 2.27. The summed E-state index contributed by atoms with van der Waals surface area (Å²) in [5, 5.41) is 17.0. The predicted molar refractivity (Wildman–Crippen MR) is 114 cm³/mol. The maximum Gasteiger partial charge on any atom is 0.322 e. The molecule has 2 amide bonds. The number of amides is 2. The second-order valence-corrected chi connectivity index (χ2v) is 9.02. The number of pyridine rings is 1. The lowest BCUT2D eigenvalue weighted by Gasteiger charge is -2.34. The van der Waals surface area contributed by atoms with Crippen molar-refractivity contribution < 1.29 is 18.3 Å². The van der Waals surface area contributed by atoms with Gasteiger partial charge in [-0.25, -0.2) is 22.9 Å². The number of aryl methyl sites for hydroxylation is 1. The van der Waals surface area contributed by atoms with E-state index in [2.05, 4.69) is 15.4 Å². The van der Waals surface area contributed by atoms with Gasteiger partial charge < -0.3 is 15.3 Å². The maximum absolute atomic E-state index is 12.9. The van der Waals surface area contributed by atoms with E-state index in [1.807, 2.05) is 0 Å². The summed E-state index contributed by atoms with van der Waals surface area (Å²) in [5.41, 5.74) is 1.23. The zero-order valence-corrected chi connectivity index (χ0v) is 17.7. The van der Waals surface area contributed by atoms with Gasteiger partial charge in [0.15, 0.2) is 5.82 Å². The molecule has 3 aromatic rings. The number of carbonyl (C=O) groups excluding carboxylic acids is 1. The lowest BCUT2D eigenvalue weighted by atomic mass is 10.2. The van der Waals surface area contributed by atoms with E-state index in [1.54, 1.807) is 59.4 Å². The first-order chi connectivity index (χ1) is 14.9. The van der Waals surface area contributed by atoms with Crippen molar-refractivity contribution in [3.63, 3.8) is 0 Å². The summed E-state index contributed by atoms with van der Waals surface area (Å²) in [6, 6.07) is 9.31. The van der Waals surface area contributed by atoms with Gasteiger partial charge in [-0.2, -0.15) is 9.40 Å². The lowest BCUT2D eigenvalue weighted by Crippen LogP contribution is -2.51. The van der Waals surface area contributed by atoms with Crippen molar-refractivity contribution in [2.24, 2.45) is 0 Å². The predicted octanol–water partition coefficient (Wildman–Crippen LogP) is 1.82. The average molecular weight is 443 g/mol. The Kier molecular flexibility index (Phi) is 5.61. The van der Waals surface area contributed by atoms with Gasteiger partial charge in [0, 0.05) is 44.8 Å². The Morgan fingerprint density at radius 2 is 1.87 bits per heavy atom. The van der Waals surface area contributed by atoms with Crippen LogP contribution in [0.1, 0.15) is 5.56 Å². The van der Waals surface area contributed by atoms with E-state index in [4.69, 9.17) is 0 Å². The van der Waals surface area contributed by atoms with Gasteiger partial charge >= 0.3 is 6.03 Å². The molecule has 0 saturated carbocycles. The number of carbonyl (C=O) groups is 1. The van der Waals surface area contributed by atoms with Crippen molar-refractivity contribution in [1.29, 1.82) is 0 Å². The highest BCUT2D eigenvalue weighted by molar-refractivity contribution is 7.89. The van der Waals surface area contributed by atoms with Crippen LogP contribution < -0.4 is 5.32 Å². The number of piperazine rings is 1. The number of nitrogens with one attached hydrogen (secondary N) is 1. The van der Waals surface area contributed by atoms with Crippen LogP contribution in [0.15, 0.2) is 59.9 Å². The van der Waals surface area contributed by atoms with Gasteiger partial charge in [0.2, 0.25) is 10.0 Å². The number of aromatic nitrogens is 3. The van der Waals surface area contributed by atoms with Crippen LogP contribution in [0.25, 0.3) is 5.82 Å². The average Bonchev–Trinajstić information content (AvgIpc) is 3.30. The second-order valence-electron chi connectivity index (χ2n) is 7.12. The SMILES string of the molecule is Cc1ccc(O)c(S(=O)(=O)N2CCN(C(=O)Nc3cccnc3-n3cccn3)CC2)c1. The van der Waals surface area contributed by atoms with Gasteiger partial charge in [0.1, 0.15) is 10.6 Å². The molecule has 0 aliphatic carbocycles. The standard InChI is InChI=1S/C20H22N6O4S/c1-15-5-6-17(27)18(14-15)31(29,30)25-12-10-24(11-13-25)20(28)23-16-4-2-7-21-19(16)26-9-3-8-22-26/h2-9,14,27H,10-13H2,1H3,(H,23,28). The molecule has 1 aromatic carbocycles. The molecule has 0 radical (unpaired) electrons. The summed E-state index contributed by atoms with van der Waals surface area (Å²) < 4.78 is 28.7. The Hall–Kier alpha value is -3.44. The number of sulfonamides is 1. The number of urea groups is 1. The van der Waals surface area contributed by atoms with E-state index in [1.165, 1.54) is 16.4 Å². The van der Waals surface area contributed by atoms with Crippen LogP contribution in [0.5, 0.6) is 5.75 Å². The Morgan fingerprint density at radius 1 is 1.10 bits per heavy atom. The molecule has 4 rings (SSSR count). The van der Waals surface area contributed by atoms with E-state index >= 15 is 0 Å². The van der Waals surface area contributed by atoms with E-state index < -0.39 is 10.0 Å². The van der Waals surface area contributed by atoms with Gasteiger partial charge in [0.25, 0.3) is 0 Å². The third-order valence-electron chi connectivity index (χ3n) is 5.01. The van der Waals surface area contributed by atoms with Crippen molar-refractivity contribution in [1.82, 2.24) is 24.0 Å². The molecular weight excluding hydrogens is 420 g/mol. The van der Waals surface area contributed by atoms with Crippen LogP contribution in [0, 0.1) is 6.92 Å². The second kappa shape index (κ2) is 8.36. The first-order valence-electron chi connectivity index (χ1n) is 9.67. The number of phenols is 1. The maximum atomic E-state index is 12.9. The molecule has 0 unspecified atom stereocenters. The quantitative estimate of drug-likeness (QED) is 0.636. The van der Waals surface area contributed by atoms with Crippen LogP contribution >= 0.6 is 0 Å². The summed E-state index contributed by atoms with van der Waals surface area (Å²) in [6.07, 6.45) is 4.95. The summed E-state index contributed by atoms with van der Waals surface area (Å²) in [4.78, 5) is 18.5. The molecule has 0 spiro atoms. The minimum absolute atomic E-state index is 0.121. The Morgan fingerprint density at radius 3 is 2.58 bits per heavy atom. The normalized spacial score (nSPS) is 15.1. The molecule has 10 nitrogen and oxygen atoms in total. The molecular formula is C20H22N6O4S. The fourth-order valence-electron chi connectivity index (χ4n) is 3.36. The fourth-order valence-corrected chi connectivity index (χ4v) is 4.95. The molecule has 31 heavy (non-hydrogen) atoms. The van der Waals surface area contributed by atoms with Gasteiger partial charge in [-0.3, -0.25) is 0 Å². The van der Waals surface area contributed by atoms with Gasteiger partial charge in [-0.15, -0.1) is 0 Å². The molecule has 162 valence electrons. The molecule has 1 fully saturated rings. The third-order valence-corrected chi connectivity index (χ3v) is 6.94. The summed E-state index contributed by atoms with van der Waals surface area (Å²) >= 11 is 0. The van der Waals surface area contributed by atoms with Crippen molar-refractivity contribution in [3.8, 4) is 11.6 Å². The molecule has 1 aliphatic rings. The van der Waals surface area contributed by atoms with Crippen LogP contribution in [0.2, 0.25) is 0 Å².